The molecule has 0 radical (unpaired) electrons. The monoisotopic (exact) mass is 365 g/mol. The van der Waals surface area contributed by atoms with E-state index in [0.29, 0.717) is 11.6 Å². The second-order valence-electron chi connectivity index (χ2n) is 5.76. The van der Waals surface area contributed by atoms with Crippen molar-refractivity contribution in [3.8, 4) is 11.4 Å². The molecule has 0 bridgehead atoms. The summed E-state index contributed by atoms with van der Waals surface area (Å²) >= 11 is 0. The largest absolute Gasteiger partial charge is 0.324 e. The Labute approximate surface area is 150 Å². The number of nitrogens with one attached hydrogen (secondary N) is 1. The van der Waals surface area contributed by atoms with Gasteiger partial charge in [-0.15, -0.1) is 0 Å². The Kier molecular flexibility index (Phi) is 3.89. The van der Waals surface area contributed by atoms with Crippen LogP contribution in [0.5, 0.6) is 0 Å². The number of imidazole rings is 1. The van der Waals surface area contributed by atoms with Crippen molar-refractivity contribution in [1.29, 1.82) is 0 Å². The predicted molar refractivity (Wildman–Crippen MR) is 99.1 cm³/mol. The van der Waals surface area contributed by atoms with Crippen molar-refractivity contribution < 1.29 is 8.42 Å². The minimum atomic E-state index is -3.22. The van der Waals surface area contributed by atoms with Crippen LogP contribution >= 0.6 is 0 Å². The summed E-state index contributed by atoms with van der Waals surface area (Å²) in [6, 6.07) is 14.1. The highest BCUT2D eigenvalue weighted by Gasteiger charge is 2.09. The first-order chi connectivity index (χ1) is 12.5. The van der Waals surface area contributed by atoms with Crippen LogP contribution in [0.15, 0.2) is 72.0 Å². The van der Waals surface area contributed by atoms with Crippen molar-refractivity contribution in [2.45, 2.75) is 4.90 Å². The lowest BCUT2D eigenvalue weighted by Crippen LogP contribution is -2.00. The molecular formula is C18H15N5O2S. The van der Waals surface area contributed by atoms with Crippen LogP contribution in [0.3, 0.4) is 0 Å². The first-order valence-corrected chi connectivity index (χ1v) is 9.72. The molecule has 3 heterocycles. The molecule has 7 nitrogen and oxygen atoms in total. The van der Waals surface area contributed by atoms with Gasteiger partial charge in [0.25, 0.3) is 0 Å². The Balaban J connectivity index is 1.64. The average molecular weight is 365 g/mol. The van der Waals surface area contributed by atoms with Crippen molar-refractivity contribution in [1.82, 2.24) is 19.4 Å². The molecule has 4 aromatic rings. The fourth-order valence-electron chi connectivity index (χ4n) is 2.60. The van der Waals surface area contributed by atoms with Crippen LogP contribution < -0.4 is 5.32 Å². The van der Waals surface area contributed by atoms with Gasteiger partial charge in [0.1, 0.15) is 5.65 Å². The van der Waals surface area contributed by atoms with Crippen LogP contribution in [-0.2, 0) is 9.84 Å². The van der Waals surface area contributed by atoms with Gasteiger partial charge in [-0.1, -0.05) is 6.07 Å². The maximum Gasteiger partial charge on any atom is 0.227 e. The normalized spacial score (nSPS) is 11.6. The number of hydrogen-bond donors (Lipinski definition) is 1. The summed E-state index contributed by atoms with van der Waals surface area (Å²) in [7, 11) is -3.22. The van der Waals surface area contributed by atoms with Gasteiger partial charge in [-0.05, 0) is 42.5 Å². The highest BCUT2D eigenvalue weighted by Crippen LogP contribution is 2.21. The Morgan fingerprint density at radius 3 is 2.58 bits per heavy atom. The Morgan fingerprint density at radius 2 is 1.81 bits per heavy atom. The third-order valence-electron chi connectivity index (χ3n) is 3.87. The van der Waals surface area contributed by atoms with Crippen molar-refractivity contribution in [3.63, 3.8) is 0 Å². The van der Waals surface area contributed by atoms with E-state index >= 15 is 0 Å². The standard InChI is InChI=1S/C18H15N5O2S/c1-26(24,25)14-7-5-13(6-8-14)21-18-19-10-9-15(22-18)16-12-20-17-4-2-3-11-23(16)17/h2-12H,1H3,(H,19,21,22). The van der Waals surface area contributed by atoms with E-state index in [1.165, 1.54) is 6.26 Å². The number of sulfone groups is 1. The van der Waals surface area contributed by atoms with Crippen LogP contribution in [0.2, 0.25) is 0 Å². The van der Waals surface area contributed by atoms with Crippen molar-refractivity contribution in [2.75, 3.05) is 11.6 Å². The first-order valence-electron chi connectivity index (χ1n) is 7.83. The van der Waals surface area contributed by atoms with E-state index in [-0.39, 0.29) is 4.90 Å². The number of pyridine rings is 1. The summed E-state index contributed by atoms with van der Waals surface area (Å²) in [4.78, 5) is 13.4. The van der Waals surface area contributed by atoms with Crippen LogP contribution in [0.1, 0.15) is 0 Å². The fraction of sp³-hybridized carbons (Fsp3) is 0.0556. The van der Waals surface area contributed by atoms with Crippen LogP contribution in [0.25, 0.3) is 17.0 Å². The summed E-state index contributed by atoms with van der Waals surface area (Å²) in [6.07, 6.45) is 6.54. The van der Waals surface area contributed by atoms with Crippen molar-refractivity contribution in [2.24, 2.45) is 0 Å². The zero-order valence-electron chi connectivity index (χ0n) is 13.9. The highest BCUT2D eigenvalue weighted by molar-refractivity contribution is 7.90. The van der Waals surface area contributed by atoms with E-state index in [1.54, 1.807) is 36.7 Å². The molecule has 0 atom stereocenters. The van der Waals surface area contributed by atoms with Gasteiger partial charge in [-0.25, -0.2) is 23.4 Å². The Bertz CT molecular complexity index is 1180. The number of anilines is 2. The second-order valence-corrected chi connectivity index (χ2v) is 7.78. The molecule has 0 aliphatic rings. The van der Waals surface area contributed by atoms with E-state index in [9.17, 15) is 8.42 Å². The Hall–Kier alpha value is -3.26. The molecule has 1 aromatic carbocycles. The number of rotatable bonds is 4. The van der Waals surface area contributed by atoms with E-state index in [2.05, 4.69) is 20.3 Å². The summed E-state index contributed by atoms with van der Waals surface area (Å²) in [5, 5.41) is 3.09. The van der Waals surface area contributed by atoms with E-state index in [0.717, 1.165) is 17.0 Å². The van der Waals surface area contributed by atoms with E-state index in [1.807, 2.05) is 34.9 Å². The van der Waals surface area contributed by atoms with Crippen molar-refractivity contribution >= 4 is 27.1 Å². The second kappa shape index (κ2) is 6.23. The SMILES string of the molecule is CS(=O)(=O)c1ccc(Nc2nccc(-c3cnc4ccccn34)n2)cc1. The topological polar surface area (TPSA) is 89.2 Å². The van der Waals surface area contributed by atoms with E-state index < -0.39 is 9.84 Å². The summed E-state index contributed by atoms with van der Waals surface area (Å²) < 4.78 is 25.0. The number of fused-ring (bicyclic) bond motifs is 1. The predicted octanol–water partition coefficient (Wildman–Crippen LogP) is 2.94. The van der Waals surface area contributed by atoms with Gasteiger partial charge >= 0.3 is 0 Å². The molecule has 8 heteroatoms. The first kappa shape index (κ1) is 16.2. The summed E-state index contributed by atoms with van der Waals surface area (Å²) in [6.45, 7) is 0. The van der Waals surface area contributed by atoms with Gasteiger partial charge < -0.3 is 5.32 Å². The van der Waals surface area contributed by atoms with Gasteiger partial charge in [0.15, 0.2) is 9.84 Å². The smallest absolute Gasteiger partial charge is 0.227 e. The third-order valence-corrected chi connectivity index (χ3v) is 5.00. The average Bonchev–Trinajstić information content (AvgIpc) is 3.06. The third kappa shape index (κ3) is 3.14. The minimum absolute atomic E-state index is 0.267. The van der Waals surface area contributed by atoms with Gasteiger partial charge in [-0.2, -0.15) is 0 Å². The molecule has 0 aliphatic carbocycles. The maximum absolute atomic E-state index is 11.5. The molecule has 4 rings (SSSR count). The zero-order chi connectivity index (χ0) is 18.1. The molecule has 0 fully saturated rings. The Morgan fingerprint density at radius 1 is 1.00 bits per heavy atom. The van der Waals surface area contributed by atoms with Crippen LogP contribution in [-0.4, -0.2) is 34.0 Å². The number of hydrogen-bond acceptors (Lipinski definition) is 6. The molecule has 26 heavy (non-hydrogen) atoms. The van der Waals surface area contributed by atoms with Gasteiger partial charge in [-0.3, -0.25) is 4.40 Å². The van der Waals surface area contributed by atoms with Gasteiger partial charge in [0.2, 0.25) is 5.95 Å². The molecule has 0 spiro atoms. The lowest BCUT2D eigenvalue weighted by molar-refractivity contribution is 0.602. The lowest BCUT2D eigenvalue weighted by Gasteiger charge is -2.07. The number of nitrogens with zero attached hydrogens (tertiary/aromatic N) is 4. The summed E-state index contributed by atoms with van der Waals surface area (Å²) in [5.74, 6) is 0.417. The molecule has 130 valence electrons. The zero-order valence-corrected chi connectivity index (χ0v) is 14.7. The highest BCUT2D eigenvalue weighted by atomic mass is 32.2. The van der Waals surface area contributed by atoms with Crippen molar-refractivity contribution in [3.05, 3.63) is 67.1 Å². The fourth-order valence-corrected chi connectivity index (χ4v) is 3.23. The lowest BCUT2D eigenvalue weighted by atomic mass is 10.3. The summed E-state index contributed by atoms with van der Waals surface area (Å²) in [5.41, 5.74) is 3.13. The molecule has 0 unspecified atom stereocenters. The van der Waals surface area contributed by atoms with Gasteiger partial charge in [0, 0.05) is 24.3 Å². The number of benzene rings is 1. The number of aromatic nitrogens is 4. The molecule has 0 saturated carbocycles. The van der Waals surface area contributed by atoms with Crippen LogP contribution in [0, 0.1) is 0 Å². The van der Waals surface area contributed by atoms with E-state index in [4.69, 9.17) is 0 Å². The minimum Gasteiger partial charge on any atom is -0.324 e. The molecular weight excluding hydrogens is 350 g/mol. The maximum atomic E-state index is 11.5. The quantitative estimate of drug-likeness (QED) is 0.598. The van der Waals surface area contributed by atoms with Gasteiger partial charge in [0.05, 0.1) is 22.5 Å². The van der Waals surface area contributed by atoms with Crippen LogP contribution in [0.4, 0.5) is 11.6 Å². The molecule has 0 amide bonds. The molecule has 1 N–H and O–H groups in total. The molecule has 0 saturated heterocycles. The molecule has 3 aromatic heterocycles. The molecule has 0 aliphatic heterocycles.